The molecule has 1 atom stereocenters. The summed E-state index contributed by atoms with van der Waals surface area (Å²) in [4.78, 5) is 26.3. The normalized spacial score (nSPS) is 18.2. The average molecular weight is 340 g/mol. The number of hydrogen-bond donors (Lipinski definition) is 2. The van der Waals surface area contributed by atoms with Crippen molar-refractivity contribution in [1.82, 2.24) is 30.0 Å². The lowest BCUT2D eigenvalue weighted by atomic mass is 10.1. The Morgan fingerprint density at radius 3 is 3.08 bits per heavy atom. The smallest absolute Gasteiger partial charge is 0.254 e. The average Bonchev–Trinajstić information content (AvgIpc) is 3.30. The maximum atomic E-state index is 12.8. The van der Waals surface area contributed by atoms with E-state index in [2.05, 4.69) is 25.1 Å². The van der Waals surface area contributed by atoms with Gasteiger partial charge in [0.15, 0.2) is 11.6 Å². The van der Waals surface area contributed by atoms with Crippen LogP contribution >= 0.6 is 0 Å². The number of fused-ring (bicyclic) bond motifs is 1. The molecule has 2 N–H and O–H groups in total. The number of aromatic amines is 2. The molecule has 1 aliphatic rings. The Hall–Kier alpha value is -2.74. The van der Waals surface area contributed by atoms with Crippen molar-refractivity contribution >= 4 is 16.9 Å². The van der Waals surface area contributed by atoms with Crippen LogP contribution in [0.15, 0.2) is 24.5 Å². The minimum Gasteiger partial charge on any atom is -0.367 e. The minimum absolute atomic E-state index is 0.0200. The van der Waals surface area contributed by atoms with Crippen LogP contribution in [-0.2, 0) is 4.74 Å². The van der Waals surface area contributed by atoms with Gasteiger partial charge in [0, 0.05) is 18.0 Å². The summed E-state index contributed by atoms with van der Waals surface area (Å²) in [5.74, 6) is 1.65. The van der Waals surface area contributed by atoms with Gasteiger partial charge in [0.1, 0.15) is 6.10 Å². The summed E-state index contributed by atoms with van der Waals surface area (Å²) >= 11 is 0. The molecule has 8 nitrogen and oxygen atoms in total. The summed E-state index contributed by atoms with van der Waals surface area (Å²) in [6.45, 7) is 5.56. The van der Waals surface area contributed by atoms with Gasteiger partial charge in [-0.05, 0) is 18.2 Å². The topological polar surface area (TPSA) is 99.8 Å². The Morgan fingerprint density at radius 1 is 1.40 bits per heavy atom. The molecule has 0 saturated carbocycles. The van der Waals surface area contributed by atoms with Crippen LogP contribution < -0.4 is 0 Å². The summed E-state index contributed by atoms with van der Waals surface area (Å²) in [6.07, 6.45) is 1.34. The second-order valence-electron chi connectivity index (χ2n) is 6.48. The summed E-state index contributed by atoms with van der Waals surface area (Å²) in [5.41, 5.74) is 2.34. The molecule has 1 amide bonds. The number of nitrogens with one attached hydrogen (secondary N) is 2. The molecule has 1 saturated heterocycles. The van der Waals surface area contributed by atoms with Crippen LogP contribution in [0.2, 0.25) is 0 Å². The van der Waals surface area contributed by atoms with Crippen LogP contribution in [0.1, 0.15) is 47.9 Å². The molecule has 0 bridgehead atoms. The first-order valence-electron chi connectivity index (χ1n) is 8.38. The second-order valence-corrected chi connectivity index (χ2v) is 6.48. The Bertz CT molecular complexity index is 899. The van der Waals surface area contributed by atoms with E-state index >= 15 is 0 Å². The van der Waals surface area contributed by atoms with Crippen LogP contribution in [0.25, 0.3) is 11.0 Å². The molecular weight excluding hydrogens is 320 g/mol. The highest BCUT2D eigenvalue weighted by atomic mass is 16.5. The number of aromatic nitrogens is 5. The van der Waals surface area contributed by atoms with E-state index in [0.717, 1.165) is 16.9 Å². The maximum Gasteiger partial charge on any atom is 0.254 e. The lowest BCUT2D eigenvalue weighted by molar-refractivity contribution is -0.0266. The van der Waals surface area contributed by atoms with Gasteiger partial charge in [-0.3, -0.25) is 9.89 Å². The molecule has 8 heteroatoms. The predicted molar refractivity (Wildman–Crippen MR) is 91.2 cm³/mol. The van der Waals surface area contributed by atoms with Crippen molar-refractivity contribution in [2.45, 2.75) is 25.9 Å². The summed E-state index contributed by atoms with van der Waals surface area (Å²) < 4.78 is 5.79. The van der Waals surface area contributed by atoms with E-state index in [1.54, 1.807) is 17.3 Å². The highest BCUT2D eigenvalue weighted by molar-refractivity contribution is 5.97. The number of nitrogens with zero attached hydrogens (tertiary/aromatic N) is 4. The molecule has 1 aliphatic heterocycles. The summed E-state index contributed by atoms with van der Waals surface area (Å²) in [5, 5.41) is 7.16. The molecule has 0 radical (unpaired) electrons. The van der Waals surface area contributed by atoms with Gasteiger partial charge in [-0.15, -0.1) is 0 Å². The predicted octanol–water partition coefficient (Wildman–Crippen LogP) is 2.02. The molecule has 1 fully saturated rings. The highest BCUT2D eigenvalue weighted by Gasteiger charge is 2.28. The third kappa shape index (κ3) is 3.00. The van der Waals surface area contributed by atoms with Crippen LogP contribution in [0.4, 0.5) is 0 Å². The lowest BCUT2D eigenvalue weighted by Crippen LogP contribution is -2.42. The number of carbonyl (C=O) groups is 1. The minimum atomic E-state index is -0.284. The number of carbonyl (C=O) groups excluding carboxylic acids is 1. The van der Waals surface area contributed by atoms with Gasteiger partial charge in [-0.1, -0.05) is 13.8 Å². The SMILES string of the molecule is CC(C)c1n[nH]c(C2CN(C(=O)c3ccc4nc[nH]c4c3)CCO2)n1. The monoisotopic (exact) mass is 340 g/mol. The van der Waals surface area contributed by atoms with Crippen molar-refractivity contribution in [2.75, 3.05) is 19.7 Å². The fourth-order valence-electron chi connectivity index (χ4n) is 2.94. The largest absolute Gasteiger partial charge is 0.367 e. The highest BCUT2D eigenvalue weighted by Crippen LogP contribution is 2.22. The molecule has 3 heterocycles. The summed E-state index contributed by atoms with van der Waals surface area (Å²) in [6, 6.07) is 5.49. The van der Waals surface area contributed by atoms with Crippen molar-refractivity contribution in [3.8, 4) is 0 Å². The second kappa shape index (κ2) is 6.29. The molecule has 0 spiro atoms. The van der Waals surface area contributed by atoms with Gasteiger partial charge in [-0.2, -0.15) is 5.10 Å². The Kier molecular flexibility index (Phi) is 3.96. The first kappa shape index (κ1) is 15.8. The van der Waals surface area contributed by atoms with Gasteiger partial charge in [-0.25, -0.2) is 9.97 Å². The first-order chi connectivity index (χ1) is 12.1. The van der Waals surface area contributed by atoms with E-state index in [4.69, 9.17) is 4.74 Å². The molecule has 0 aliphatic carbocycles. The van der Waals surface area contributed by atoms with Crippen molar-refractivity contribution in [3.05, 3.63) is 41.7 Å². The van der Waals surface area contributed by atoms with Gasteiger partial charge < -0.3 is 14.6 Å². The molecule has 130 valence electrons. The van der Waals surface area contributed by atoms with E-state index in [0.29, 0.717) is 31.1 Å². The van der Waals surface area contributed by atoms with Gasteiger partial charge in [0.25, 0.3) is 5.91 Å². The number of imidazole rings is 1. The fraction of sp³-hybridized carbons (Fsp3) is 0.412. The molecule has 25 heavy (non-hydrogen) atoms. The zero-order chi connectivity index (χ0) is 17.4. The van der Waals surface area contributed by atoms with Crippen LogP contribution in [0, 0.1) is 0 Å². The molecular formula is C17H20N6O2. The maximum absolute atomic E-state index is 12.8. The van der Waals surface area contributed by atoms with Gasteiger partial charge in [0.05, 0.1) is 30.5 Å². The Balaban J connectivity index is 1.52. The van der Waals surface area contributed by atoms with Crippen molar-refractivity contribution < 1.29 is 9.53 Å². The molecule has 3 aromatic rings. The quantitative estimate of drug-likeness (QED) is 0.760. The number of amides is 1. The van der Waals surface area contributed by atoms with E-state index < -0.39 is 0 Å². The lowest BCUT2D eigenvalue weighted by Gasteiger charge is -2.32. The van der Waals surface area contributed by atoms with E-state index in [1.807, 2.05) is 26.0 Å². The number of hydrogen-bond acceptors (Lipinski definition) is 5. The first-order valence-corrected chi connectivity index (χ1v) is 8.38. The Labute approximate surface area is 144 Å². The molecule has 1 unspecified atom stereocenters. The van der Waals surface area contributed by atoms with Crippen LogP contribution in [0.5, 0.6) is 0 Å². The van der Waals surface area contributed by atoms with Crippen molar-refractivity contribution in [3.63, 3.8) is 0 Å². The number of benzene rings is 1. The Morgan fingerprint density at radius 2 is 2.28 bits per heavy atom. The van der Waals surface area contributed by atoms with Crippen molar-refractivity contribution in [1.29, 1.82) is 0 Å². The van der Waals surface area contributed by atoms with Crippen molar-refractivity contribution in [2.24, 2.45) is 0 Å². The summed E-state index contributed by atoms with van der Waals surface area (Å²) in [7, 11) is 0. The van der Waals surface area contributed by atoms with E-state index in [9.17, 15) is 4.79 Å². The van der Waals surface area contributed by atoms with E-state index in [-0.39, 0.29) is 17.9 Å². The number of rotatable bonds is 3. The zero-order valence-corrected chi connectivity index (χ0v) is 14.2. The van der Waals surface area contributed by atoms with E-state index in [1.165, 1.54) is 0 Å². The fourth-order valence-corrected chi connectivity index (χ4v) is 2.94. The molecule has 1 aromatic carbocycles. The third-order valence-electron chi connectivity index (χ3n) is 4.36. The molecule has 4 rings (SSSR count). The molecule has 2 aromatic heterocycles. The number of H-pyrrole nitrogens is 2. The van der Waals surface area contributed by atoms with Crippen LogP contribution in [0.3, 0.4) is 0 Å². The third-order valence-corrected chi connectivity index (χ3v) is 4.36. The number of morpholine rings is 1. The van der Waals surface area contributed by atoms with Crippen LogP contribution in [-0.4, -0.2) is 55.7 Å². The number of ether oxygens (including phenoxy) is 1. The standard InChI is InChI=1S/C17H20N6O2/c1-10(2)15-20-16(22-21-15)14-8-23(5-6-25-14)17(24)11-3-4-12-13(7-11)19-9-18-12/h3-4,7,9-10,14H,5-6,8H2,1-2H3,(H,18,19)(H,20,21,22). The van der Waals surface area contributed by atoms with Gasteiger partial charge >= 0.3 is 0 Å². The van der Waals surface area contributed by atoms with Gasteiger partial charge in [0.2, 0.25) is 0 Å². The zero-order valence-electron chi connectivity index (χ0n) is 14.2.